The summed E-state index contributed by atoms with van der Waals surface area (Å²) < 4.78 is 12.9. The number of hydrogen-bond donors (Lipinski definition) is 1. The normalized spacial score (nSPS) is 12.4. The average Bonchev–Trinajstić information content (AvgIpc) is 2.42. The molecule has 0 saturated carbocycles. The lowest BCUT2D eigenvalue weighted by molar-refractivity contribution is -0.671. The van der Waals surface area contributed by atoms with E-state index in [1.54, 1.807) is 14.2 Å². The Bertz CT molecular complexity index is 663. The van der Waals surface area contributed by atoms with Gasteiger partial charge >= 0.3 is 0 Å². The molecule has 2 heterocycles. The molecule has 0 saturated heterocycles. The zero-order valence-corrected chi connectivity index (χ0v) is 10.7. The molecule has 4 heteroatoms. The highest BCUT2D eigenvalue weighted by Crippen LogP contribution is 2.43. The molecule has 3 rings (SSSR count). The van der Waals surface area contributed by atoms with Gasteiger partial charge in [-0.1, -0.05) is 0 Å². The maximum absolute atomic E-state index is 5.46. The quantitative estimate of drug-likeness (QED) is 0.820. The van der Waals surface area contributed by atoms with Gasteiger partial charge in [0.05, 0.1) is 25.3 Å². The molecule has 18 heavy (non-hydrogen) atoms. The summed E-state index contributed by atoms with van der Waals surface area (Å²) in [5.41, 5.74) is 2.11. The van der Waals surface area contributed by atoms with Gasteiger partial charge in [-0.3, -0.25) is 0 Å². The van der Waals surface area contributed by atoms with Crippen molar-refractivity contribution in [2.45, 2.75) is 0 Å². The van der Waals surface area contributed by atoms with Gasteiger partial charge in [0.1, 0.15) is 7.05 Å². The predicted molar refractivity (Wildman–Crippen MR) is 70.9 cm³/mol. The van der Waals surface area contributed by atoms with E-state index in [4.69, 9.17) is 9.47 Å². The van der Waals surface area contributed by atoms with E-state index in [0.717, 1.165) is 33.7 Å². The number of nitrogens with zero attached hydrogens (tertiary/aromatic N) is 1. The Balaban J connectivity index is 2.47. The average molecular weight is 243 g/mol. The molecule has 4 nitrogen and oxygen atoms in total. The van der Waals surface area contributed by atoms with E-state index in [9.17, 15) is 0 Å². The number of methoxy groups -OCH3 is 2. The first-order valence-electron chi connectivity index (χ1n) is 5.76. The first-order valence-corrected chi connectivity index (χ1v) is 5.76. The van der Waals surface area contributed by atoms with Gasteiger partial charge < -0.3 is 14.8 Å². The Kier molecular flexibility index (Phi) is 2.37. The van der Waals surface area contributed by atoms with Crippen LogP contribution in [0.25, 0.3) is 16.8 Å². The van der Waals surface area contributed by atoms with Gasteiger partial charge in [-0.05, 0) is 6.07 Å². The fourth-order valence-electron chi connectivity index (χ4n) is 2.41. The maximum atomic E-state index is 5.46. The molecule has 1 aromatic heterocycles. The minimum absolute atomic E-state index is 0.738. The topological polar surface area (TPSA) is 34.4 Å². The van der Waals surface area contributed by atoms with Crippen LogP contribution in [0.15, 0.2) is 24.5 Å². The molecule has 0 unspecified atom stereocenters. The van der Waals surface area contributed by atoms with Crippen LogP contribution in [-0.4, -0.2) is 14.2 Å². The molecule has 0 fully saturated rings. The molecule has 0 radical (unpaired) electrons. The molecule has 0 aliphatic carbocycles. The van der Waals surface area contributed by atoms with E-state index in [2.05, 4.69) is 22.0 Å². The molecule has 1 aliphatic heterocycles. The van der Waals surface area contributed by atoms with E-state index in [0.29, 0.717) is 0 Å². The molecule has 1 aromatic carbocycles. The maximum Gasteiger partial charge on any atom is 0.216 e. The number of aromatic nitrogens is 1. The van der Waals surface area contributed by atoms with Crippen molar-refractivity contribution in [3.8, 4) is 11.5 Å². The number of rotatable bonds is 2. The lowest BCUT2D eigenvalue weighted by Crippen LogP contribution is -2.32. The number of pyridine rings is 1. The third kappa shape index (κ3) is 1.35. The highest BCUT2D eigenvalue weighted by molar-refractivity contribution is 6.04. The number of benzene rings is 1. The summed E-state index contributed by atoms with van der Waals surface area (Å²) in [5, 5.41) is 5.53. The second-order valence-electron chi connectivity index (χ2n) is 4.24. The zero-order chi connectivity index (χ0) is 12.7. The number of hydrogen-bond acceptors (Lipinski definition) is 3. The van der Waals surface area contributed by atoms with Crippen molar-refractivity contribution in [2.24, 2.45) is 7.05 Å². The minimum Gasteiger partial charge on any atom is -0.493 e. The first kappa shape index (κ1) is 10.9. The third-order valence-corrected chi connectivity index (χ3v) is 3.28. The van der Waals surface area contributed by atoms with Crippen LogP contribution < -0.4 is 19.4 Å². The van der Waals surface area contributed by atoms with Crippen molar-refractivity contribution in [3.63, 3.8) is 0 Å². The van der Waals surface area contributed by atoms with Crippen molar-refractivity contribution >= 4 is 22.5 Å². The van der Waals surface area contributed by atoms with Crippen LogP contribution in [0, 0.1) is 0 Å². The summed E-state index contributed by atoms with van der Waals surface area (Å²) in [6, 6.07) is 4.08. The molecule has 1 N–H and O–H groups in total. The Hall–Kier alpha value is -2.23. The number of anilines is 1. The van der Waals surface area contributed by atoms with Crippen molar-refractivity contribution in [1.29, 1.82) is 0 Å². The van der Waals surface area contributed by atoms with E-state index in [-0.39, 0.29) is 0 Å². The van der Waals surface area contributed by atoms with Gasteiger partial charge in [-0.2, -0.15) is 0 Å². The molecular weight excluding hydrogens is 228 g/mol. The standard InChI is InChI=1S/C14H14N2O2/c1-16-7-5-9-8-11(17-2)14(18-3)13-12(9)10(16)4-6-15-13/h4-8H,1-3H3/p+1. The molecule has 2 aromatic rings. The molecule has 0 atom stereocenters. The fraction of sp³-hybridized carbons (Fsp3) is 0.214. The first-order chi connectivity index (χ1) is 8.76. The van der Waals surface area contributed by atoms with Gasteiger partial charge in [0.15, 0.2) is 17.7 Å². The van der Waals surface area contributed by atoms with Crippen LogP contribution in [0.2, 0.25) is 0 Å². The van der Waals surface area contributed by atoms with E-state index in [1.807, 2.05) is 25.5 Å². The Labute approximate surface area is 105 Å². The highest BCUT2D eigenvalue weighted by Gasteiger charge is 2.22. The highest BCUT2D eigenvalue weighted by atomic mass is 16.5. The Morgan fingerprint density at radius 2 is 2.06 bits per heavy atom. The summed E-state index contributed by atoms with van der Waals surface area (Å²) in [5.74, 6) is 1.48. The summed E-state index contributed by atoms with van der Waals surface area (Å²) in [6.07, 6.45) is 6.02. The summed E-state index contributed by atoms with van der Waals surface area (Å²) in [6.45, 7) is 0. The van der Waals surface area contributed by atoms with Crippen LogP contribution in [0.1, 0.15) is 5.69 Å². The van der Waals surface area contributed by atoms with E-state index < -0.39 is 0 Å². The van der Waals surface area contributed by atoms with Crippen molar-refractivity contribution in [1.82, 2.24) is 0 Å². The molecular formula is C14H15N2O2+. The molecule has 1 aliphatic rings. The van der Waals surface area contributed by atoms with E-state index >= 15 is 0 Å². The lowest BCUT2D eigenvalue weighted by atomic mass is 10.0. The zero-order valence-electron chi connectivity index (χ0n) is 10.7. The van der Waals surface area contributed by atoms with Crippen LogP contribution in [0.5, 0.6) is 11.5 Å². The number of ether oxygens (including phenoxy) is 2. The van der Waals surface area contributed by atoms with Crippen LogP contribution in [0.4, 0.5) is 5.69 Å². The second-order valence-corrected chi connectivity index (χ2v) is 4.24. The lowest BCUT2D eigenvalue weighted by Gasteiger charge is -2.18. The minimum atomic E-state index is 0.738. The molecule has 0 bridgehead atoms. The SMILES string of the molecule is COc1cc2cc[n+](C)c3c2c(c1OC)NC=C3. The fourth-order valence-corrected chi connectivity index (χ4v) is 2.41. The summed E-state index contributed by atoms with van der Waals surface area (Å²) >= 11 is 0. The Morgan fingerprint density at radius 1 is 1.22 bits per heavy atom. The van der Waals surface area contributed by atoms with Gasteiger partial charge in [-0.25, -0.2) is 4.57 Å². The van der Waals surface area contributed by atoms with Crippen molar-refractivity contribution in [3.05, 3.63) is 30.2 Å². The smallest absolute Gasteiger partial charge is 0.216 e. The largest absolute Gasteiger partial charge is 0.493 e. The van der Waals surface area contributed by atoms with Crippen molar-refractivity contribution in [2.75, 3.05) is 19.5 Å². The summed E-state index contributed by atoms with van der Waals surface area (Å²) in [7, 11) is 5.34. The van der Waals surface area contributed by atoms with Crippen LogP contribution in [-0.2, 0) is 7.05 Å². The summed E-state index contributed by atoms with van der Waals surface area (Å²) in [4.78, 5) is 0. The van der Waals surface area contributed by atoms with Gasteiger partial charge in [0, 0.05) is 23.7 Å². The monoisotopic (exact) mass is 243 g/mol. The van der Waals surface area contributed by atoms with Crippen LogP contribution in [0.3, 0.4) is 0 Å². The number of aryl methyl sites for hydroxylation is 1. The third-order valence-electron chi connectivity index (χ3n) is 3.28. The predicted octanol–water partition coefficient (Wildman–Crippen LogP) is 2.08. The van der Waals surface area contributed by atoms with Gasteiger partial charge in [0.2, 0.25) is 5.69 Å². The molecule has 92 valence electrons. The van der Waals surface area contributed by atoms with Gasteiger partial charge in [0.25, 0.3) is 0 Å². The Morgan fingerprint density at radius 3 is 2.78 bits per heavy atom. The molecule has 0 spiro atoms. The van der Waals surface area contributed by atoms with Gasteiger partial charge in [-0.15, -0.1) is 0 Å². The van der Waals surface area contributed by atoms with E-state index in [1.165, 1.54) is 0 Å². The van der Waals surface area contributed by atoms with Crippen molar-refractivity contribution < 1.29 is 14.0 Å². The second kappa shape index (κ2) is 3.91. The van der Waals surface area contributed by atoms with Crippen LogP contribution >= 0.6 is 0 Å². The molecule has 0 amide bonds. The number of nitrogens with one attached hydrogen (secondary N) is 1.